The molecule has 1 fully saturated rings. The molecule has 1 aliphatic heterocycles. The highest BCUT2D eigenvalue weighted by Gasteiger charge is 2.19. The molecule has 0 saturated carbocycles. The fraction of sp³-hybridized carbons (Fsp3) is 0.222. The summed E-state index contributed by atoms with van der Waals surface area (Å²) in [4.78, 5) is 18.6. The van der Waals surface area contributed by atoms with Gasteiger partial charge in [-0.25, -0.2) is 4.98 Å². The number of nitrogens with zero attached hydrogens (tertiary/aromatic N) is 5. The zero-order valence-corrected chi connectivity index (χ0v) is 17.2. The van der Waals surface area contributed by atoms with Crippen LogP contribution in [-0.2, 0) is 7.05 Å². The first-order valence-corrected chi connectivity index (χ1v) is 10.2. The molecule has 144 valence electrons. The molecule has 0 atom stereocenters. The smallest absolute Gasteiger partial charge is 0.257 e. The molecule has 1 N–H and O–H groups in total. The van der Waals surface area contributed by atoms with Crippen LogP contribution >= 0.6 is 35.1 Å². The van der Waals surface area contributed by atoms with Crippen LogP contribution in [0.4, 0.5) is 11.5 Å². The van der Waals surface area contributed by atoms with E-state index in [2.05, 4.69) is 24.8 Å². The number of hydrogen-bond acceptors (Lipinski definition) is 6. The summed E-state index contributed by atoms with van der Waals surface area (Å²) in [6.07, 6.45) is 4.23. The van der Waals surface area contributed by atoms with Crippen LogP contribution in [-0.4, -0.2) is 38.2 Å². The Bertz CT molecular complexity index is 1030. The third kappa shape index (κ3) is 4.09. The average molecular weight is 435 g/mol. The van der Waals surface area contributed by atoms with E-state index in [0.717, 1.165) is 30.1 Å². The summed E-state index contributed by atoms with van der Waals surface area (Å²) in [6.45, 7) is 0.899. The molecule has 0 unspecified atom stereocenters. The number of nitrogens with one attached hydrogen (secondary N) is 1. The van der Waals surface area contributed by atoms with Crippen molar-refractivity contribution >= 4 is 52.6 Å². The van der Waals surface area contributed by atoms with Crippen LogP contribution in [0.5, 0.6) is 0 Å². The van der Waals surface area contributed by atoms with Crippen LogP contribution in [0.3, 0.4) is 0 Å². The zero-order chi connectivity index (χ0) is 19.7. The van der Waals surface area contributed by atoms with Crippen molar-refractivity contribution in [2.75, 3.05) is 21.9 Å². The Hall–Kier alpha value is -2.29. The van der Waals surface area contributed by atoms with E-state index in [1.165, 1.54) is 11.0 Å². The first kappa shape index (κ1) is 19.0. The molecule has 10 heteroatoms. The Morgan fingerprint density at radius 1 is 1.21 bits per heavy atom. The average Bonchev–Trinajstić information content (AvgIpc) is 3.33. The van der Waals surface area contributed by atoms with Crippen molar-refractivity contribution in [2.45, 2.75) is 6.42 Å². The summed E-state index contributed by atoms with van der Waals surface area (Å²) in [6, 6.07) is 6.94. The second-order valence-electron chi connectivity index (χ2n) is 6.21. The predicted molar refractivity (Wildman–Crippen MR) is 113 cm³/mol. The summed E-state index contributed by atoms with van der Waals surface area (Å²) >= 11 is 14.1. The summed E-state index contributed by atoms with van der Waals surface area (Å²) in [5.41, 5.74) is 2.32. The molecule has 0 aliphatic carbocycles. The highest BCUT2D eigenvalue weighted by atomic mass is 35.5. The van der Waals surface area contributed by atoms with Crippen LogP contribution in [0.1, 0.15) is 16.8 Å². The van der Waals surface area contributed by atoms with E-state index in [4.69, 9.17) is 23.2 Å². The molecule has 1 amide bonds. The number of aromatic nitrogens is 4. The van der Waals surface area contributed by atoms with E-state index in [-0.39, 0.29) is 5.91 Å². The lowest BCUT2D eigenvalue weighted by Crippen LogP contribution is -2.16. The van der Waals surface area contributed by atoms with Gasteiger partial charge in [0.2, 0.25) is 0 Å². The molecule has 1 saturated heterocycles. The number of carbonyl (C=O) groups is 1. The van der Waals surface area contributed by atoms with Gasteiger partial charge in [0.25, 0.3) is 5.91 Å². The summed E-state index contributed by atoms with van der Waals surface area (Å²) in [5.74, 6) is 1.44. The molecule has 0 bridgehead atoms. The number of pyridine rings is 1. The molecule has 2 aromatic heterocycles. The molecule has 3 aromatic rings. The standard InChI is InChI=1S/C18H16Cl2N6OS/c1-25-22-10-16(24-25)11-5-12(19)7-13(6-11)23-18(27)14-8-17(21-9-15(14)20)26-3-2-4-28-26/h5-10H,2-4H2,1H3,(H,23,27). The molecule has 0 spiro atoms. The Kier molecular flexibility index (Phi) is 5.43. The lowest BCUT2D eigenvalue weighted by atomic mass is 10.1. The Balaban J connectivity index is 1.60. The minimum Gasteiger partial charge on any atom is -0.322 e. The van der Waals surface area contributed by atoms with E-state index in [9.17, 15) is 4.79 Å². The van der Waals surface area contributed by atoms with E-state index in [1.54, 1.807) is 49.5 Å². The van der Waals surface area contributed by atoms with E-state index in [0.29, 0.717) is 27.0 Å². The molecule has 0 radical (unpaired) electrons. The Morgan fingerprint density at radius 2 is 2.07 bits per heavy atom. The second-order valence-corrected chi connectivity index (χ2v) is 8.16. The monoisotopic (exact) mass is 434 g/mol. The molecule has 1 aromatic carbocycles. The van der Waals surface area contributed by atoms with Crippen molar-refractivity contribution < 1.29 is 4.79 Å². The minimum atomic E-state index is -0.329. The number of carbonyl (C=O) groups excluding carboxylic acids is 1. The topological polar surface area (TPSA) is 75.9 Å². The van der Waals surface area contributed by atoms with Gasteiger partial charge in [-0.15, -0.1) is 0 Å². The first-order valence-electron chi connectivity index (χ1n) is 8.54. The lowest BCUT2D eigenvalue weighted by molar-refractivity contribution is 0.102. The van der Waals surface area contributed by atoms with Gasteiger partial charge in [-0.05, 0) is 42.6 Å². The van der Waals surface area contributed by atoms with Crippen LogP contribution in [0, 0.1) is 0 Å². The maximum absolute atomic E-state index is 12.8. The number of anilines is 2. The van der Waals surface area contributed by atoms with Crippen LogP contribution < -0.4 is 9.62 Å². The van der Waals surface area contributed by atoms with Gasteiger partial charge in [-0.2, -0.15) is 15.0 Å². The largest absolute Gasteiger partial charge is 0.322 e. The Morgan fingerprint density at radius 3 is 2.79 bits per heavy atom. The van der Waals surface area contributed by atoms with Gasteiger partial charge in [-0.3, -0.25) is 4.79 Å². The fourth-order valence-electron chi connectivity index (χ4n) is 2.85. The summed E-state index contributed by atoms with van der Waals surface area (Å²) in [5, 5.41) is 12.0. The van der Waals surface area contributed by atoms with Crippen molar-refractivity contribution in [2.24, 2.45) is 7.05 Å². The zero-order valence-electron chi connectivity index (χ0n) is 14.9. The number of amides is 1. The number of benzene rings is 1. The lowest BCUT2D eigenvalue weighted by Gasteiger charge is -2.16. The van der Waals surface area contributed by atoms with E-state index in [1.807, 2.05) is 0 Å². The van der Waals surface area contributed by atoms with Crippen LogP contribution in [0.15, 0.2) is 36.7 Å². The number of rotatable bonds is 4. The predicted octanol–water partition coefficient (Wildman–Crippen LogP) is 4.29. The van der Waals surface area contributed by atoms with Crippen molar-refractivity contribution in [3.63, 3.8) is 0 Å². The van der Waals surface area contributed by atoms with Gasteiger partial charge in [0.05, 0.1) is 16.8 Å². The highest BCUT2D eigenvalue weighted by Crippen LogP contribution is 2.30. The van der Waals surface area contributed by atoms with Crippen molar-refractivity contribution in [3.8, 4) is 11.3 Å². The molecular formula is C18H16Cl2N6OS. The molecule has 4 rings (SSSR count). The first-order chi connectivity index (χ1) is 13.5. The van der Waals surface area contributed by atoms with Crippen molar-refractivity contribution in [3.05, 3.63) is 52.3 Å². The van der Waals surface area contributed by atoms with Gasteiger partial charge >= 0.3 is 0 Å². The SMILES string of the molecule is Cn1ncc(-c2cc(Cl)cc(NC(=O)c3cc(N4CCCS4)ncc3Cl)c2)n1. The molecule has 3 heterocycles. The van der Waals surface area contributed by atoms with E-state index >= 15 is 0 Å². The van der Waals surface area contributed by atoms with E-state index < -0.39 is 0 Å². The van der Waals surface area contributed by atoms with Crippen molar-refractivity contribution in [1.29, 1.82) is 0 Å². The quantitative estimate of drug-likeness (QED) is 0.616. The third-order valence-corrected chi connectivity index (χ3v) is 5.82. The normalized spacial score (nSPS) is 13.8. The second kappa shape index (κ2) is 7.98. The van der Waals surface area contributed by atoms with Gasteiger partial charge in [-0.1, -0.05) is 23.2 Å². The van der Waals surface area contributed by atoms with Crippen LogP contribution in [0.25, 0.3) is 11.3 Å². The molecular weight excluding hydrogens is 419 g/mol. The number of hydrogen-bond donors (Lipinski definition) is 1. The van der Waals surface area contributed by atoms with Gasteiger partial charge in [0.15, 0.2) is 0 Å². The number of aryl methyl sites for hydroxylation is 1. The third-order valence-electron chi connectivity index (χ3n) is 4.14. The summed E-state index contributed by atoms with van der Waals surface area (Å²) in [7, 11) is 1.73. The number of halogens is 2. The van der Waals surface area contributed by atoms with Crippen LogP contribution in [0.2, 0.25) is 10.0 Å². The van der Waals surface area contributed by atoms with Gasteiger partial charge < -0.3 is 9.62 Å². The van der Waals surface area contributed by atoms with Crippen molar-refractivity contribution in [1.82, 2.24) is 20.0 Å². The van der Waals surface area contributed by atoms with Gasteiger partial charge in [0, 0.05) is 41.8 Å². The maximum atomic E-state index is 12.8. The molecule has 7 nitrogen and oxygen atoms in total. The maximum Gasteiger partial charge on any atom is 0.257 e. The molecule has 28 heavy (non-hydrogen) atoms. The highest BCUT2D eigenvalue weighted by molar-refractivity contribution is 8.00. The fourth-order valence-corrected chi connectivity index (χ4v) is 4.25. The Labute approximate surface area is 176 Å². The van der Waals surface area contributed by atoms with Gasteiger partial charge in [0.1, 0.15) is 11.5 Å². The minimum absolute atomic E-state index is 0.293. The summed E-state index contributed by atoms with van der Waals surface area (Å²) < 4.78 is 2.07. The molecule has 1 aliphatic rings.